The molecule has 1 atom stereocenters. The number of nitro benzene ring substituents is 1. The smallest absolute Gasteiger partial charge is 0.314 e. The van der Waals surface area contributed by atoms with Crippen molar-refractivity contribution in [2.75, 3.05) is 19.5 Å². The number of hydrogen-bond donors (Lipinski definition) is 0. The lowest BCUT2D eigenvalue weighted by atomic mass is 10.2. The van der Waals surface area contributed by atoms with Crippen LogP contribution < -0.4 is 9.47 Å². The van der Waals surface area contributed by atoms with Crippen molar-refractivity contribution in [3.63, 3.8) is 0 Å². The zero-order valence-electron chi connectivity index (χ0n) is 10.9. The van der Waals surface area contributed by atoms with Crippen LogP contribution in [0.5, 0.6) is 11.5 Å². The Morgan fingerprint density at radius 3 is 2.60 bits per heavy atom. The predicted octanol–water partition coefficient (Wildman–Crippen LogP) is 2.19. The summed E-state index contributed by atoms with van der Waals surface area (Å²) < 4.78 is 32.0. The Balaban J connectivity index is 2.80. The van der Waals surface area contributed by atoms with E-state index >= 15 is 0 Å². The molecule has 20 heavy (non-hydrogen) atoms. The normalized spacial score (nSPS) is 12.8. The fourth-order valence-electron chi connectivity index (χ4n) is 1.51. The van der Waals surface area contributed by atoms with E-state index < -0.39 is 14.0 Å². The van der Waals surface area contributed by atoms with Crippen LogP contribution in [-0.4, -0.2) is 32.8 Å². The van der Waals surface area contributed by atoms with Crippen molar-refractivity contribution in [1.29, 1.82) is 0 Å². The molecule has 0 aliphatic carbocycles. The van der Waals surface area contributed by atoms with Gasteiger partial charge in [-0.15, -0.1) is 0 Å². The number of methoxy groups -OCH3 is 1. The second-order valence-electron chi connectivity index (χ2n) is 4.21. The number of nitrogens with zero attached hydrogens (tertiary/aromatic N) is 1. The monoisotopic (exact) mass is 323 g/mol. The van der Waals surface area contributed by atoms with E-state index in [1.54, 1.807) is 6.92 Å². The van der Waals surface area contributed by atoms with Crippen molar-refractivity contribution >= 4 is 25.4 Å². The summed E-state index contributed by atoms with van der Waals surface area (Å²) in [5, 5.41) is 10.9. The van der Waals surface area contributed by atoms with Gasteiger partial charge in [0.15, 0.2) is 5.75 Å². The zero-order valence-corrected chi connectivity index (χ0v) is 12.5. The van der Waals surface area contributed by atoms with Crippen LogP contribution in [0.1, 0.15) is 6.92 Å². The Morgan fingerprint density at radius 2 is 2.10 bits per heavy atom. The highest BCUT2D eigenvalue weighted by molar-refractivity contribution is 8.13. The van der Waals surface area contributed by atoms with E-state index in [0.717, 1.165) is 0 Å². The van der Waals surface area contributed by atoms with E-state index in [9.17, 15) is 18.5 Å². The lowest BCUT2D eigenvalue weighted by Crippen LogP contribution is -2.16. The molecule has 1 aromatic carbocycles. The van der Waals surface area contributed by atoms with Crippen molar-refractivity contribution in [3.8, 4) is 11.5 Å². The van der Waals surface area contributed by atoms with Crippen molar-refractivity contribution in [2.45, 2.75) is 6.92 Å². The average molecular weight is 324 g/mol. The number of halogens is 1. The van der Waals surface area contributed by atoms with E-state index in [1.807, 2.05) is 0 Å². The van der Waals surface area contributed by atoms with Gasteiger partial charge in [0.25, 0.3) is 0 Å². The Kier molecular flexibility index (Phi) is 5.58. The molecule has 0 aliphatic rings. The first kappa shape index (κ1) is 16.5. The predicted molar refractivity (Wildman–Crippen MR) is 73.9 cm³/mol. The maximum absolute atomic E-state index is 10.9. The largest absolute Gasteiger partial charge is 0.496 e. The van der Waals surface area contributed by atoms with Gasteiger partial charge in [0, 0.05) is 16.6 Å². The Labute approximate surface area is 121 Å². The molecular weight excluding hydrogens is 310 g/mol. The quantitative estimate of drug-likeness (QED) is 0.433. The van der Waals surface area contributed by atoms with Crippen molar-refractivity contribution < 1.29 is 22.8 Å². The molecular formula is C11H14ClNO6S. The van der Waals surface area contributed by atoms with Gasteiger partial charge in [-0.25, -0.2) is 8.42 Å². The highest BCUT2D eigenvalue weighted by atomic mass is 35.7. The molecule has 0 aliphatic heterocycles. The molecule has 0 heterocycles. The first-order chi connectivity index (χ1) is 9.23. The fraction of sp³-hybridized carbons (Fsp3) is 0.455. The first-order valence-electron chi connectivity index (χ1n) is 5.60. The third-order valence-corrected chi connectivity index (χ3v) is 3.71. The summed E-state index contributed by atoms with van der Waals surface area (Å²) in [7, 11) is 2.89. The molecule has 9 heteroatoms. The van der Waals surface area contributed by atoms with Crippen LogP contribution in [0.15, 0.2) is 18.2 Å². The van der Waals surface area contributed by atoms with Crippen LogP contribution in [0.2, 0.25) is 0 Å². The number of nitro groups is 1. The maximum Gasteiger partial charge on any atom is 0.314 e. The van der Waals surface area contributed by atoms with Crippen molar-refractivity contribution in [1.82, 2.24) is 0 Å². The Hall–Kier alpha value is -1.54. The lowest BCUT2D eigenvalue weighted by Gasteiger charge is -2.12. The topological polar surface area (TPSA) is 95.7 Å². The molecule has 0 fully saturated rings. The standard InChI is InChI=1S/C11H14ClNO6S/c1-8(7-20(12,16)17)6-19-11-4-3-9(18-2)5-10(11)13(14)15/h3-5,8H,6-7H2,1-2H3. The molecule has 0 saturated carbocycles. The highest BCUT2D eigenvalue weighted by Crippen LogP contribution is 2.31. The minimum Gasteiger partial charge on any atom is -0.496 e. The minimum atomic E-state index is -3.63. The number of benzene rings is 1. The first-order valence-corrected chi connectivity index (χ1v) is 8.08. The van der Waals surface area contributed by atoms with Crippen LogP contribution in [-0.2, 0) is 9.05 Å². The van der Waals surface area contributed by atoms with Gasteiger partial charge >= 0.3 is 5.69 Å². The summed E-state index contributed by atoms with van der Waals surface area (Å²) >= 11 is 0. The molecule has 7 nitrogen and oxygen atoms in total. The Morgan fingerprint density at radius 1 is 1.45 bits per heavy atom. The molecule has 0 aromatic heterocycles. The molecule has 1 rings (SSSR count). The molecule has 0 N–H and O–H groups in total. The second-order valence-corrected chi connectivity index (χ2v) is 7.03. The highest BCUT2D eigenvalue weighted by Gasteiger charge is 2.19. The van der Waals surface area contributed by atoms with E-state index in [0.29, 0.717) is 5.75 Å². The minimum absolute atomic E-state index is 0.000874. The van der Waals surface area contributed by atoms with Crippen LogP contribution in [0, 0.1) is 16.0 Å². The number of rotatable bonds is 7. The Bertz CT molecular complexity index is 589. The van der Waals surface area contributed by atoms with Gasteiger partial charge in [-0.2, -0.15) is 0 Å². The third kappa shape index (κ3) is 5.22. The molecule has 0 spiro atoms. The summed E-state index contributed by atoms with van der Waals surface area (Å²) in [6.45, 7) is 1.62. The molecule has 0 radical (unpaired) electrons. The molecule has 0 amide bonds. The SMILES string of the molecule is COc1ccc(OCC(C)CS(=O)(=O)Cl)c([N+](=O)[O-])c1. The van der Waals surface area contributed by atoms with E-state index in [2.05, 4.69) is 0 Å². The van der Waals surface area contributed by atoms with Gasteiger partial charge in [-0.3, -0.25) is 10.1 Å². The molecule has 0 bridgehead atoms. The summed E-state index contributed by atoms with van der Waals surface area (Å²) in [4.78, 5) is 10.3. The van der Waals surface area contributed by atoms with Crippen LogP contribution in [0.3, 0.4) is 0 Å². The second kappa shape index (κ2) is 6.76. The van der Waals surface area contributed by atoms with Gasteiger partial charge in [0.1, 0.15) is 5.75 Å². The summed E-state index contributed by atoms with van der Waals surface area (Å²) in [6.07, 6.45) is 0. The van der Waals surface area contributed by atoms with Crippen LogP contribution in [0.25, 0.3) is 0 Å². The lowest BCUT2D eigenvalue weighted by molar-refractivity contribution is -0.386. The van der Waals surface area contributed by atoms with E-state index in [4.69, 9.17) is 20.2 Å². The fourth-order valence-corrected chi connectivity index (χ4v) is 2.93. The summed E-state index contributed by atoms with van der Waals surface area (Å²) in [6, 6.07) is 4.16. The van der Waals surface area contributed by atoms with Crippen molar-refractivity contribution in [2.24, 2.45) is 5.92 Å². The summed E-state index contributed by atoms with van der Waals surface area (Å²) in [5.41, 5.74) is -0.245. The average Bonchev–Trinajstić information content (AvgIpc) is 2.34. The van der Waals surface area contributed by atoms with Crippen LogP contribution in [0.4, 0.5) is 5.69 Å². The van der Waals surface area contributed by atoms with E-state index in [1.165, 1.54) is 25.3 Å². The molecule has 112 valence electrons. The van der Waals surface area contributed by atoms with E-state index in [-0.39, 0.29) is 29.7 Å². The van der Waals surface area contributed by atoms with Gasteiger partial charge in [-0.05, 0) is 12.1 Å². The number of hydrogen-bond acceptors (Lipinski definition) is 6. The van der Waals surface area contributed by atoms with Gasteiger partial charge in [-0.1, -0.05) is 6.92 Å². The summed E-state index contributed by atoms with van der Waals surface area (Å²) in [5.74, 6) is -0.271. The zero-order chi connectivity index (χ0) is 15.3. The third-order valence-electron chi connectivity index (χ3n) is 2.37. The number of ether oxygens (including phenoxy) is 2. The van der Waals surface area contributed by atoms with Gasteiger partial charge in [0.2, 0.25) is 9.05 Å². The van der Waals surface area contributed by atoms with Crippen LogP contribution >= 0.6 is 10.7 Å². The van der Waals surface area contributed by atoms with Crippen molar-refractivity contribution in [3.05, 3.63) is 28.3 Å². The maximum atomic E-state index is 10.9. The van der Waals surface area contributed by atoms with Gasteiger partial charge in [0.05, 0.1) is 30.5 Å². The van der Waals surface area contributed by atoms with Gasteiger partial charge < -0.3 is 9.47 Å². The molecule has 1 aromatic rings. The molecule has 1 unspecified atom stereocenters. The molecule has 0 saturated heterocycles.